The van der Waals surface area contributed by atoms with Gasteiger partial charge in [0.15, 0.2) is 5.82 Å². The van der Waals surface area contributed by atoms with Crippen LogP contribution in [0.4, 0.5) is 5.82 Å². The zero-order valence-electron chi connectivity index (χ0n) is 18.9. The van der Waals surface area contributed by atoms with Gasteiger partial charge in [-0.05, 0) is 42.4 Å². The summed E-state index contributed by atoms with van der Waals surface area (Å²) in [7, 11) is 0. The van der Waals surface area contributed by atoms with E-state index in [1.54, 1.807) is 0 Å². The van der Waals surface area contributed by atoms with Crippen molar-refractivity contribution in [1.29, 1.82) is 0 Å². The monoisotopic (exact) mass is 449 g/mol. The number of nitrogens with zero attached hydrogens (tertiary/aromatic N) is 2. The molecule has 1 atom stereocenters. The molecule has 1 unspecified atom stereocenters. The van der Waals surface area contributed by atoms with Crippen LogP contribution < -0.4 is 5.32 Å². The summed E-state index contributed by atoms with van der Waals surface area (Å²) in [5, 5.41) is 14.2. The van der Waals surface area contributed by atoms with E-state index in [2.05, 4.69) is 23.5 Å². The lowest BCUT2D eigenvalue weighted by atomic mass is 9.91. The van der Waals surface area contributed by atoms with Gasteiger partial charge >= 0.3 is 0 Å². The first-order valence-electron chi connectivity index (χ1n) is 11.7. The Labute approximate surface area is 199 Å². The molecule has 5 rings (SSSR count). The maximum Gasteiger partial charge on any atom is 0.225 e. The lowest BCUT2D eigenvalue weighted by molar-refractivity contribution is -0.116. The van der Waals surface area contributed by atoms with Gasteiger partial charge in [-0.15, -0.1) is 0 Å². The second-order valence-corrected chi connectivity index (χ2v) is 8.61. The zero-order valence-corrected chi connectivity index (χ0v) is 18.9. The molecule has 0 spiro atoms. The van der Waals surface area contributed by atoms with Crippen LogP contribution in [-0.2, 0) is 24.1 Å². The van der Waals surface area contributed by atoms with E-state index in [-0.39, 0.29) is 5.91 Å². The molecule has 3 aromatic carbocycles. The molecule has 0 saturated heterocycles. The maximum atomic E-state index is 12.8. The highest BCUT2D eigenvalue weighted by molar-refractivity contribution is 5.90. The molecular weight excluding hydrogens is 422 g/mol. The summed E-state index contributed by atoms with van der Waals surface area (Å²) in [6, 6.07) is 27.7. The number of fused-ring (bicyclic) bond motifs is 3. The number of aliphatic hydroxyl groups is 1. The average Bonchev–Trinajstić information content (AvgIpc) is 2.89. The summed E-state index contributed by atoms with van der Waals surface area (Å²) in [5.41, 5.74) is 6.19. The van der Waals surface area contributed by atoms with Crippen molar-refractivity contribution >= 4 is 11.7 Å². The molecule has 1 amide bonds. The predicted molar refractivity (Wildman–Crippen MR) is 133 cm³/mol. The number of carbonyl (C=O) groups excluding carboxylic acids is 1. The van der Waals surface area contributed by atoms with Crippen molar-refractivity contribution in [1.82, 2.24) is 9.97 Å². The van der Waals surface area contributed by atoms with Crippen molar-refractivity contribution in [2.75, 3.05) is 5.32 Å². The molecule has 5 nitrogen and oxygen atoms in total. The number of aliphatic hydroxyl groups excluding tert-OH is 1. The van der Waals surface area contributed by atoms with Gasteiger partial charge < -0.3 is 10.4 Å². The van der Waals surface area contributed by atoms with E-state index in [0.717, 1.165) is 42.6 Å². The van der Waals surface area contributed by atoms with E-state index in [9.17, 15) is 9.90 Å². The summed E-state index contributed by atoms with van der Waals surface area (Å²) in [6.45, 7) is 0. The average molecular weight is 450 g/mol. The molecule has 1 aliphatic carbocycles. The molecular formula is C29H27N3O2. The van der Waals surface area contributed by atoms with Crippen molar-refractivity contribution < 1.29 is 9.90 Å². The zero-order chi connectivity index (χ0) is 23.3. The van der Waals surface area contributed by atoms with Crippen LogP contribution in [0.2, 0.25) is 0 Å². The Kier molecular flexibility index (Phi) is 6.45. The molecule has 0 aliphatic heterocycles. The number of anilines is 1. The van der Waals surface area contributed by atoms with Crippen LogP contribution in [0, 0.1) is 0 Å². The Morgan fingerprint density at radius 2 is 1.59 bits per heavy atom. The van der Waals surface area contributed by atoms with Crippen molar-refractivity contribution in [2.24, 2.45) is 0 Å². The fourth-order valence-corrected chi connectivity index (χ4v) is 4.46. The number of hydrogen-bond donors (Lipinski definition) is 2. The van der Waals surface area contributed by atoms with E-state index in [1.807, 2.05) is 66.7 Å². The Hall–Kier alpha value is -3.83. The van der Waals surface area contributed by atoms with Crippen molar-refractivity contribution in [3.63, 3.8) is 0 Å². The third kappa shape index (κ3) is 4.75. The molecule has 0 fully saturated rings. The number of amides is 1. The first kappa shape index (κ1) is 22.0. The van der Waals surface area contributed by atoms with Crippen LogP contribution in [0.25, 0.3) is 11.3 Å². The quantitative estimate of drug-likeness (QED) is 0.402. The summed E-state index contributed by atoms with van der Waals surface area (Å²) in [6.07, 6.45) is 2.57. The second kappa shape index (κ2) is 9.98. The minimum atomic E-state index is -0.993. The molecule has 1 heterocycles. The SMILES string of the molecule is O=C(CCCc1ccccc1)Nc1nc2c(nc1C(O)c1ccccc1)-c1ccccc1CC2. The fraction of sp³-hybridized carbons (Fsp3) is 0.207. The van der Waals surface area contributed by atoms with Gasteiger partial charge in [0.05, 0.1) is 11.4 Å². The lowest BCUT2D eigenvalue weighted by Crippen LogP contribution is -2.20. The van der Waals surface area contributed by atoms with E-state index >= 15 is 0 Å². The van der Waals surface area contributed by atoms with Crippen molar-refractivity contribution in [3.05, 3.63) is 113 Å². The highest BCUT2D eigenvalue weighted by Crippen LogP contribution is 2.35. The molecule has 4 aromatic rings. The molecule has 1 aromatic heterocycles. The molecule has 34 heavy (non-hydrogen) atoms. The normalized spacial score (nSPS) is 13.0. The number of rotatable bonds is 7. The number of nitrogens with one attached hydrogen (secondary N) is 1. The standard InChI is InChI=1S/C29H27N3O2/c33-25(17-9-12-20-10-3-1-4-11-20)31-29-27(28(34)22-14-5-2-6-15-22)32-26-23-16-8-7-13-21(23)18-19-24(26)30-29/h1-8,10-11,13-16,28,34H,9,12,17-19H2,(H,30,31,33). The van der Waals surface area contributed by atoms with Gasteiger partial charge in [0.1, 0.15) is 11.8 Å². The van der Waals surface area contributed by atoms with E-state index < -0.39 is 6.10 Å². The Morgan fingerprint density at radius 3 is 2.38 bits per heavy atom. The fourth-order valence-electron chi connectivity index (χ4n) is 4.46. The topological polar surface area (TPSA) is 75.1 Å². The molecule has 1 aliphatic rings. The van der Waals surface area contributed by atoms with Crippen LogP contribution in [0.3, 0.4) is 0 Å². The van der Waals surface area contributed by atoms with E-state index in [1.165, 1.54) is 11.1 Å². The largest absolute Gasteiger partial charge is 0.382 e. The van der Waals surface area contributed by atoms with Crippen LogP contribution in [-0.4, -0.2) is 21.0 Å². The number of hydrogen-bond acceptors (Lipinski definition) is 4. The summed E-state index contributed by atoms with van der Waals surface area (Å²) >= 11 is 0. The molecule has 0 bridgehead atoms. The minimum absolute atomic E-state index is 0.122. The lowest BCUT2D eigenvalue weighted by Gasteiger charge is -2.22. The first-order valence-corrected chi connectivity index (χ1v) is 11.7. The predicted octanol–water partition coefficient (Wildman–Crippen LogP) is 5.29. The van der Waals surface area contributed by atoms with Crippen LogP contribution in [0.15, 0.2) is 84.9 Å². The third-order valence-electron chi connectivity index (χ3n) is 6.24. The highest BCUT2D eigenvalue weighted by Gasteiger charge is 2.25. The second-order valence-electron chi connectivity index (χ2n) is 8.61. The van der Waals surface area contributed by atoms with Gasteiger partial charge in [-0.2, -0.15) is 0 Å². The number of aromatic nitrogens is 2. The first-order chi connectivity index (χ1) is 16.7. The Bertz CT molecular complexity index is 1290. The molecule has 170 valence electrons. The number of carbonyl (C=O) groups is 1. The van der Waals surface area contributed by atoms with Crippen molar-refractivity contribution in [3.8, 4) is 11.3 Å². The van der Waals surface area contributed by atoms with Gasteiger partial charge in [-0.3, -0.25) is 4.79 Å². The highest BCUT2D eigenvalue weighted by atomic mass is 16.3. The Morgan fingerprint density at radius 1 is 0.882 bits per heavy atom. The summed E-state index contributed by atoms with van der Waals surface area (Å²) in [5.74, 6) is 0.224. The van der Waals surface area contributed by atoms with E-state index in [4.69, 9.17) is 9.97 Å². The van der Waals surface area contributed by atoms with Gasteiger partial charge in [0.2, 0.25) is 5.91 Å². The molecule has 0 saturated carbocycles. The van der Waals surface area contributed by atoms with E-state index in [0.29, 0.717) is 23.5 Å². The van der Waals surface area contributed by atoms with Crippen LogP contribution in [0.1, 0.15) is 47.0 Å². The van der Waals surface area contributed by atoms with Gasteiger partial charge in [0, 0.05) is 12.0 Å². The maximum absolute atomic E-state index is 12.8. The number of benzene rings is 3. The minimum Gasteiger partial charge on any atom is -0.382 e. The number of aryl methyl sites for hydroxylation is 3. The smallest absolute Gasteiger partial charge is 0.225 e. The van der Waals surface area contributed by atoms with Crippen molar-refractivity contribution in [2.45, 2.75) is 38.2 Å². The van der Waals surface area contributed by atoms with Gasteiger partial charge in [0.25, 0.3) is 0 Å². The molecule has 0 radical (unpaired) electrons. The Balaban J connectivity index is 1.43. The summed E-state index contributed by atoms with van der Waals surface area (Å²) in [4.78, 5) is 22.5. The molecule has 2 N–H and O–H groups in total. The summed E-state index contributed by atoms with van der Waals surface area (Å²) < 4.78 is 0. The van der Waals surface area contributed by atoms with Crippen LogP contribution >= 0.6 is 0 Å². The van der Waals surface area contributed by atoms with Gasteiger partial charge in [-0.1, -0.05) is 84.9 Å². The van der Waals surface area contributed by atoms with Crippen LogP contribution in [0.5, 0.6) is 0 Å². The third-order valence-corrected chi connectivity index (χ3v) is 6.24. The van der Waals surface area contributed by atoms with Gasteiger partial charge in [-0.25, -0.2) is 9.97 Å². The molecule has 5 heteroatoms.